The first-order valence-electron chi connectivity index (χ1n) is 7.61. The van der Waals surface area contributed by atoms with Gasteiger partial charge in [0.05, 0.1) is 6.04 Å². The molecule has 3 aliphatic rings. The van der Waals surface area contributed by atoms with Crippen LogP contribution in [0.1, 0.15) is 5.56 Å². The number of benzene rings is 1. The molecule has 2 fully saturated rings. The second kappa shape index (κ2) is 4.99. The van der Waals surface area contributed by atoms with Gasteiger partial charge in [-0.2, -0.15) is 11.8 Å². The van der Waals surface area contributed by atoms with Gasteiger partial charge in [-0.05, 0) is 18.1 Å². The smallest absolute Gasteiger partial charge is 0.330 e. The molecule has 4 amide bonds. The predicted octanol–water partition coefficient (Wildman–Crippen LogP) is 0.859. The van der Waals surface area contributed by atoms with Gasteiger partial charge in [0, 0.05) is 30.8 Å². The fraction of sp³-hybridized carbons (Fsp3) is 0.438. The number of hydrogen-bond acceptors (Lipinski definition) is 5. The number of thioether (sulfide) groups is 1. The molecule has 3 heterocycles. The largest absolute Gasteiger partial charge is 0.365 e. The maximum atomic E-state index is 13.0. The lowest BCUT2D eigenvalue weighted by molar-refractivity contribution is -0.152. The molecular weight excluding hydrogens is 314 g/mol. The second-order valence-electron chi connectivity index (χ2n) is 6.18. The van der Waals surface area contributed by atoms with Crippen LogP contribution in [0, 0.1) is 5.41 Å². The molecule has 7 heteroatoms. The van der Waals surface area contributed by atoms with Crippen LogP contribution in [0.4, 0.5) is 10.5 Å². The average Bonchev–Trinajstić information content (AvgIpc) is 2.58. The Bertz CT molecular complexity index is 722. The molecule has 1 spiro atoms. The van der Waals surface area contributed by atoms with Crippen molar-refractivity contribution in [3.63, 3.8) is 0 Å². The highest BCUT2D eigenvalue weighted by atomic mass is 32.2. The molecule has 1 N–H and O–H groups in total. The van der Waals surface area contributed by atoms with Crippen LogP contribution < -0.4 is 10.2 Å². The number of urea groups is 1. The minimum absolute atomic E-state index is 0.223. The third kappa shape index (κ3) is 1.86. The van der Waals surface area contributed by atoms with Crippen molar-refractivity contribution in [1.29, 1.82) is 0 Å². The van der Waals surface area contributed by atoms with E-state index >= 15 is 0 Å². The molecule has 0 saturated carbocycles. The van der Waals surface area contributed by atoms with Gasteiger partial charge in [-0.15, -0.1) is 0 Å². The molecule has 0 bridgehead atoms. The van der Waals surface area contributed by atoms with Crippen molar-refractivity contribution in [2.45, 2.75) is 12.5 Å². The van der Waals surface area contributed by atoms with Crippen molar-refractivity contribution in [2.24, 2.45) is 5.41 Å². The monoisotopic (exact) mass is 331 g/mol. The van der Waals surface area contributed by atoms with Crippen molar-refractivity contribution in [1.82, 2.24) is 10.2 Å². The number of para-hydroxylation sites is 1. The van der Waals surface area contributed by atoms with Gasteiger partial charge in [0.25, 0.3) is 0 Å². The van der Waals surface area contributed by atoms with Crippen LogP contribution in [-0.2, 0) is 16.0 Å². The van der Waals surface area contributed by atoms with E-state index in [1.54, 1.807) is 11.8 Å². The SMILES string of the molecule is CN1C(=O)NC(=O)[C@@]2(Cc3ccccc3N3CCSC[C@H]32)C1=O. The number of barbiturate groups is 1. The van der Waals surface area contributed by atoms with E-state index in [-0.39, 0.29) is 6.04 Å². The Balaban J connectivity index is 1.89. The van der Waals surface area contributed by atoms with E-state index in [0.29, 0.717) is 12.2 Å². The quantitative estimate of drug-likeness (QED) is 0.714. The van der Waals surface area contributed by atoms with E-state index in [4.69, 9.17) is 0 Å². The zero-order valence-electron chi connectivity index (χ0n) is 12.7. The number of carbonyl (C=O) groups is 3. The Morgan fingerprint density at radius 2 is 2.04 bits per heavy atom. The first-order chi connectivity index (χ1) is 11.1. The summed E-state index contributed by atoms with van der Waals surface area (Å²) in [5.74, 6) is 0.817. The van der Waals surface area contributed by atoms with E-state index in [2.05, 4.69) is 10.2 Å². The van der Waals surface area contributed by atoms with Crippen LogP contribution in [0.3, 0.4) is 0 Å². The summed E-state index contributed by atoms with van der Waals surface area (Å²) in [6, 6.07) is 7.05. The van der Waals surface area contributed by atoms with E-state index < -0.39 is 23.3 Å². The molecule has 2 atom stereocenters. The molecule has 6 nitrogen and oxygen atoms in total. The third-order valence-electron chi connectivity index (χ3n) is 5.08. The van der Waals surface area contributed by atoms with Crippen LogP contribution in [0.25, 0.3) is 0 Å². The minimum Gasteiger partial charge on any atom is -0.365 e. The van der Waals surface area contributed by atoms with Crippen molar-refractivity contribution in [2.75, 3.05) is 30.0 Å². The molecule has 0 aliphatic carbocycles. The summed E-state index contributed by atoms with van der Waals surface area (Å²) >= 11 is 1.75. The number of anilines is 1. The Morgan fingerprint density at radius 1 is 1.26 bits per heavy atom. The molecular formula is C16H17N3O3S. The van der Waals surface area contributed by atoms with Gasteiger partial charge >= 0.3 is 6.03 Å². The molecule has 4 rings (SSSR count). The number of rotatable bonds is 0. The molecule has 1 aromatic carbocycles. The molecule has 1 aromatic rings. The highest BCUT2D eigenvalue weighted by Gasteiger charge is 2.61. The summed E-state index contributed by atoms with van der Waals surface area (Å²) in [6.45, 7) is 0.798. The number of nitrogens with zero attached hydrogens (tertiary/aromatic N) is 2. The van der Waals surface area contributed by atoms with Gasteiger partial charge in [-0.25, -0.2) is 4.79 Å². The Hall–Kier alpha value is -2.02. The molecule has 3 aliphatic heterocycles. The molecule has 0 aromatic heterocycles. The van der Waals surface area contributed by atoms with E-state index in [0.717, 1.165) is 28.4 Å². The number of nitrogens with one attached hydrogen (secondary N) is 1. The molecule has 120 valence electrons. The normalized spacial score (nSPS) is 30.1. The summed E-state index contributed by atoms with van der Waals surface area (Å²) < 4.78 is 0. The van der Waals surface area contributed by atoms with Gasteiger partial charge in [0.2, 0.25) is 11.8 Å². The highest BCUT2D eigenvalue weighted by molar-refractivity contribution is 7.99. The fourth-order valence-corrected chi connectivity index (χ4v) is 5.07. The highest BCUT2D eigenvalue weighted by Crippen LogP contribution is 2.46. The third-order valence-corrected chi connectivity index (χ3v) is 6.11. The first kappa shape index (κ1) is 14.6. The zero-order valence-corrected chi connectivity index (χ0v) is 13.6. The van der Waals surface area contributed by atoms with E-state index in [1.165, 1.54) is 7.05 Å². The van der Waals surface area contributed by atoms with E-state index in [1.807, 2.05) is 24.3 Å². The first-order valence-corrected chi connectivity index (χ1v) is 8.77. The number of hydrogen-bond donors (Lipinski definition) is 1. The number of imide groups is 2. The minimum atomic E-state index is -1.22. The van der Waals surface area contributed by atoms with Crippen molar-refractivity contribution >= 4 is 35.3 Å². The number of carbonyl (C=O) groups excluding carboxylic acids is 3. The summed E-state index contributed by atoms with van der Waals surface area (Å²) in [7, 11) is 1.44. The summed E-state index contributed by atoms with van der Waals surface area (Å²) in [5, 5.41) is 2.38. The average molecular weight is 331 g/mol. The van der Waals surface area contributed by atoms with Gasteiger partial charge in [-0.1, -0.05) is 18.2 Å². The van der Waals surface area contributed by atoms with Crippen LogP contribution in [0.2, 0.25) is 0 Å². The van der Waals surface area contributed by atoms with Crippen molar-refractivity contribution in [3.05, 3.63) is 29.8 Å². The van der Waals surface area contributed by atoms with Crippen LogP contribution >= 0.6 is 11.8 Å². The van der Waals surface area contributed by atoms with Crippen molar-refractivity contribution in [3.8, 4) is 0 Å². The topological polar surface area (TPSA) is 69.7 Å². The Kier molecular flexibility index (Phi) is 3.16. The maximum Gasteiger partial charge on any atom is 0.330 e. The standard InChI is InChI=1S/C16H17N3O3S/c1-18-14(21)16(13(20)17-15(18)22)8-10-4-2-3-5-11(10)19-6-7-23-9-12(16)19/h2-5,12H,6-9H2,1H3,(H,17,20,22)/t12-,16-/m0/s1. The predicted molar refractivity (Wildman–Crippen MR) is 87.3 cm³/mol. The summed E-state index contributed by atoms with van der Waals surface area (Å²) in [5.41, 5.74) is 0.871. The summed E-state index contributed by atoms with van der Waals surface area (Å²) in [4.78, 5) is 40.8. The van der Waals surface area contributed by atoms with Crippen LogP contribution in [0.15, 0.2) is 24.3 Å². The summed E-state index contributed by atoms with van der Waals surface area (Å²) in [6.07, 6.45) is 0.340. The lowest BCUT2D eigenvalue weighted by atomic mass is 9.69. The lowest BCUT2D eigenvalue weighted by Gasteiger charge is -2.53. The molecule has 2 saturated heterocycles. The second-order valence-corrected chi connectivity index (χ2v) is 7.33. The molecule has 23 heavy (non-hydrogen) atoms. The van der Waals surface area contributed by atoms with Gasteiger partial charge in [0.15, 0.2) is 5.41 Å². The van der Waals surface area contributed by atoms with Crippen molar-refractivity contribution < 1.29 is 14.4 Å². The molecule has 0 unspecified atom stereocenters. The van der Waals surface area contributed by atoms with Crippen LogP contribution in [0.5, 0.6) is 0 Å². The van der Waals surface area contributed by atoms with Gasteiger partial charge < -0.3 is 4.90 Å². The number of fused-ring (bicyclic) bond motifs is 4. The maximum absolute atomic E-state index is 13.0. The number of amides is 4. The van der Waals surface area contributed by atoms with Gasteiger partial charge in [-0.3, -0.25) is 19.8 Å². The lowest BCUT2D eigenvalue weighted by Crippen LogP contribution is -2.72. The van der Waals surface area contributed by atoms with Gasteiger partial charge in [0.1, 0.15) is 0 Å². The molecule has 0 radical (unpaired) electrons. The van der Waals surface area contributed by atoms with Crippen LogP contribution in [-0.4, -0.2) is 53.9 Å². The zero-order chi connectivity index (χ0) is 16.2. The Morgan fingerprint density at radius 3 is 2.87 bits per heavy atom. The Labute approximate surface area is 138 Å². The fourth-order valence-electron chi connectivity index (χ4n) is 3.89. The van der Waals surface area contributed by atoms with E-state index in [9.17, 15) is 14.4 Å².